The quantitative estimate of drug-likeness (QED) is 0.798. The summed E-state index contributed by atoms with van der Waals surface area (Å²) in [5.74, 6) is -3.71. The summed E-state index contributed by atoms with van der Waals surface area (Å²) in [6.07, 6.45) is 4.78. The molecule has 1 aromatic rings. The highest BCUT2D eigenvalue weighted by atomic mass is 19.2. The summed E-state index contributed by atoms with van der Waals surface area (Å²) in [5.41, 5.74) is -0.618. The second-order valence-electron chi connectivity index (χ2n) is 8.08. The molecular formula is C19H24F3N3O2. The summed E-state index contributed by atoms with van der Waals surface area (Å²) in [6.45, 7) is 1.38. The highest BCUT2D eigenvalue weighted by Crippen LogP contribution is 2.43. The number of aromatic nitrogens is 1. The molecule has 1 saturated carbocycles. The summed E-state index contributed by atoms with van der Waals surface area (Å²) in [5, 5.41) is 9.70. The van der Waals surface area contributed by atoms with E-state index in [-0.39, 0.29) is 30.4 Å². The fourth-order valence-electron chi connectivity index (χ4n) is 4.91. The maximum absolute atomic E-state index is 14.2. The van der Waals surface area contributed by atoms with Gasteiger partial charge in [0, 0.05) is 31.7 Å². The Morgan fingerprint density at radius 1 is 1.07 bits per heavy atom. The molecule has 1 amide bonds. The summed E-state index contributed by atoms with van der Waals surface area (Å²) in [6, 6.07) is 0.656. The lowest BCUT2D eigenvalue weighted by Gasteiger charge is -2.41. The molecule has 2 aliphatic heterocycles. The number of pyridine rings is 1. The lowest BCUT2D eigenvalue weighted by atomic mass is 9.78. The molecule has 3 fully saturated rings. The van der Waals surface area contributed by atoms with E-state index >= 15 is 0 Å². The Morgan fingerprint density at radius 2 is 1.81 bits per heavy atom. The number of hydrogen-bond acceptors (Lipinski definition) is 4. The van der Waals surface area contributed by atoms with Gasteiger partial charge in [0.15, 0.2) is 17.5 Å². The minimum Gasteiger partial charge on any atom is -0.393 e. The predicted octanol–water partition coefficient (Wildman–Crippen LogP) is 2.62. The Hall–Kier alpha value is -1.83. The summed E-state index contributed by atoms with van der Waals surface area (Å²) >= 11 is 0. The molecule has 4 rings (SSSR count). The van der Waals surface area contributed by atoms with E-state index in [0.717, 1.165) is 12.8 Å². The highest BCUT2D eigenvalue weighted by molar-refractivity contribution is 5.86. The molecule has 1 N–H and O–H groups in total. The molecular weight excluding hydrogens is 359 g/mol. The SMILES string of the molecule is O=C1N(C2CCC(O)CC2)CC[C@]12CCCN(c1nc(F)c(F)cc1F)C2. The van der Waals surface area contributed by atoms with Crippen molar-refractivity contribution in [3.8, 4) is 0 Å². The molecule has 27 heavy (non-hydrogen) atoms. The largest absolute Gasteiger partial charge is 0.393 e. The Kier molecular flexibility index (Phi) is 4.78. The molecule has 1 atom stereocenters. The van der Waals surface area contributed by atoms with Crippen LogP contribution in [0.1, 0.15) is 44.9 Å². The number of likely N-dealkylation sites (tertiary alicyclic amines) is 1. The van der Waals surface area contributed by atoms with Gasteiger partial charge in [-0.1, -0.05) is 0 Å². The van der Waals surface area contributed by atoms with Gasteiger partial charge in [0.2, 0.25) is 5.91 Å². The van der Waals surface area contributed by atoms with E-state index in [1.54, 1.807) is 4.90 Å². The van der Waals surface area contributed by atoms with Crippen molar-refractivity contribution >= 4 is 11.7 Å². The fraction of sp³-hybridized carbons (Fsp3) is 0.684. The normalized spacial score (nSPS) is 31.8. The minimum absolute atomic E-state index is 0.0663. The van der Waals surface area contributed by atoms with Gasteiger partial charge in [-0.2, -0.15) is 9.37 Å². The van der Waals surface area contributed by atoms with Crippen LogP contribution < -0.4 is 4.90 Å². The molecule has 0 aromatic carbocycles. The van der Waals surface area contributed by atoms with Gasteiger partial charge in [-0.3, -0.25) is 4.79 Å². The van der Waals surface area contributed by atoms with E-state index in [4.69, 9.17) is 0 Å². The first-order valence-corrected chi connectivity index (χ1v) is 9.65. The van der Waals surface area contributed by atoms with E-state index < -0.39 is 23.0 Å². The van der Waals surface area contributed by atoms with E-state index in [1.165, 1.54) is 0 Å². The first-order valence-electron chi connectivity index (χ1n) is 9.65. The average molecular weight is 383 g/mol. The number of nitrogens with zero attached hydrogens (tertiary/aromatic N) is 3. The second kappa shape index (κ2) is 6.96. The van der Waals surface area contributed by atoms with Crippen molar-refractivity contribution in [1.82, 2.24) is 9.88 Å². The average Bonchev–Trinajstić information content (AvgIpc) is 2.95. The third-order valence-electron chi connectivity index (χ3n) is 6.40. The monoisotopic (exact) mass is 383 g/mol. The summed E-state index contributed by atoms with van der Waals surface area (Å²) in [4.78, 5) is 20.2. The van der Waals surface area contributed by atoms with Gasteiger partial charge in [-0.15, -0.1) is 0 Å². The number of rotatable bonds is 2. The van der Waals surface area contributed by atoms with Gasteiger partial charge in [0.05, 0.1) is 11.5 Å². The zero-order chi connectivity index (χ0) is 19.2. The van der Waals surface area contributed by atoms with Crippen molar-refractivity contribution in [2.75, 3.05) is 24.5 Å². The predicted molar refractivity (Wildman–Crippen MR) is 92.6 cm³/mol. The Bertz CT molecular complexity index is 739. The van der Waals surface area contributed by atoms with Crippen LogP contribution in [0.3, 0.4) is 0 Å². The number of hydrogen-bond donors (Lipinski definition) is 1. The number of aliphatic hydroxyl groups excluding tert-OH is 1. The smallest absolute Gasteiger partial charge is 0.251 e. The topological polar surface area (TPSA) is 56.7 Å². The van der Waals surface area contributed by atoms with Crippen LogP contribution in [0.2, 0.25) is 0 Å². The van der Waals surface area contributed by atoms with E-state index in [2.05, 4.69) is 4.98 Å². The molecule has 3 aliphatic rings. The van der Waals surface area contributed by atoms with Crippen molar-refractivity contribution < 1.29 is 23.1 Å². The van der Waals surface area contributed by atoms with Gasteiger partial charge >= 0.3 is 0 Å². The van der Waals surface area contributed by atoms with Crippen molar-refractivity contribution in [3.05, 3.63) is 23.6 Å². The Morgan fingerprint density at radius 3 is 2.56 bits per heavy atom. The van der Waals surface area contributed by atoms with Gasteiger partial charge in [-0.25, -0.2) is 8.78 Å². The maximum atomic E-state index is 14.2. The van der Waals surface area contributed by atoms with Gasteiger partial charge in [-0.05, 0) is 44.9 Å². The molecule has 3 heterocycles. The Balaban J connectivity index is 1.52. The van der Waals surface area contributed by atoms with Crippen LogP contribution in [0.15, 0.2) is 6.07 Å². The lowest BCUT2D eigenvalue weighted by Crippen LogP contribution is -2.50. The van der Waals surface area contributed by atoms with Crippen LogP contribution in [-0.2, 0) is 4.79 Å². The number of carbonyl (C=O) groups excluding carboxylic acids is 1. The molecule has 1 aliphatic carbocycles. The van der Waals surface area contributed by atoms with Crippen LogP contribution in [0.25, 0.3) is 0 Å². The minimum atomic E-state index is -1.33. The zero-order valence-corrected chi connectivity index (χ0v) is 15.1. The second-order valence-corrected chi connectivity index (χ2v) is 8.08. The molecule has 5 nitrogen and oxygen atoms in total. The third kappa shape index (κ3) is 3.28. The van der Waals surface area contributed by atoms with Crippen molar-refractivity contribution in [2.24, 2.45) is 5.41 Å². The number of amides is 1. The molecule has 8 heteroatoms. The molecule has 2 saturated heterocycles. The van der Waals surface area contributed by atoms with Crippen molar-refractivity contribution in [2.45, 2.75) is 57.1 Å². The standard InChI is InChI=1S/C19H24F3N3O2/c20-14-10-15(21)17(23-16(14)22)24-8-1-6-19(11-24)7-9-25(18(19)27)12-2-4-13(26)5-3-12/h10,12-13,26H,1-9,11H2/t12?,13?,19-/m0/s1. The summed E-state index contributed by atoms with van der Waals surface area (Å²) in [7, 11) is 0. The van der Waals surface area contributed by atoms with Crippen molar-refractivity contribution in [1.29, 1.82) is 0 Å². The first kappa shape index (κ1) is 18.5. The van der Waals surface area contributed by atoms with Crippen LogP contribution in [0.5, 0.6) is 0 Å². The van der Waals surface area contributed by atoms with Gasteiger partial charge in [0.1, 0.15) is 0 Å². The number of halogens is 3. The number of anilines is 1. The van der Waals surface area contributed by atoms with Crippen molar-refractivity contribution in [3.63, 3.8) is 0 Å². The number of carbonyl (C=O) groups is 1. The van der Waals surface area contributed by atoms with E-state index in [0.29, 0.717) is 51.3 Å². The lowest BCUT2D eigenvalue weighted by molar-refractivity contribution is -0.139. The van der Waals surface area contributed by atoms with E-state index in [1.807, 2.05) is 4.90 Å². The van der Waals surface area contributed by atoms with Crippen LogP contribution in [0.4, 0.5) is 19.0 Å². The maximum Gasteiger partial charge on any atom is 0.251 e. The van der Waals surface area contributed by atoms with Crippen LogP contribution in [-0.4, -0.2) is 52.7 Å². The highest BCUT2D eigenvalue weighted by Gasteiger charge is 2.51. The van der Waals surface area contributed by atoms with Crippen LogP contribution >= 0.6 is 0 Å². The van der Waals surface area contributed by atoms with E-state index in [9.17, 15) is 23.1 Å². The molecule has 0 unspecified atom stereocenters. The summed E-state index contributed by atoms with van der Waals surface area (Å²) < 4.78 is 40.9. The molecule has 1 aromatic heterocycles. The Labute approximate surface area is 156 Å². The first-order chi connectivity index (χ1) is 12.9. The third-order valence-corrected chi connectivity index (χ3v) is 6.40. The fourth-order valence-corrected chi connectivity index (χ4v) is 4.91. The number of piperidine rings is 1. The molecule has 148 valence electrons. The molecule has 1 spiro atoms. The molecule has 0 radical (unpaired) electrons. The zero-order valence-electron chi connectivity index (χ0n) is 15.1. The molecule has 0 bridgehead atoms. The van der Waals surface area contributed by atoms with Gasteiger partial charge in [0.25, 0.3) is 5.95 Å². The van der Waals surface area contributed by atoms with Gasteiger partial charge < -0.3 is 14.9 Å². The number of aliphatic hydroxyl groups is 1. The van der Waals surface area contributed by atoms with Crippen LogP contribution in [0, 0.1) is 23.0 Å².